The highest BCUT2D eigenvalue weighted by Crippen LogP contribution is 2.58. The fourth-order valence-electron chi connectivity index (χ4n) is 5.04. The zero-order chi connectivity index (χ0) is 18.9. The van der Waals surface area contributed by atoms with Crippen molar-refractivity contribution in [3.05, 3.63) is 47.0 Å². The fourth-order valence-corrected chi connectivity index (χ4v) is 5.04. The van der Waals surface area contributed by atoms with Crippen molar-refractivity contribution in [2.45, 2.75) is 62.0 Å². The third-order valence-corrected chi connectivity index (χ3v) is 6.47. The van der Waals surface area contributed by atoms with Gasteiger partial charge in [0.25, 0.3) is 0 Å². The molecule has 0 N–H and O–H groups in total. The maximum Gasteiger partial charge on any atom is 0.416 e. The molecule has 3 aliphatic heterocycles. The smallest absolute Gasteiger partial charge is 0.416 e. The first-order valence-electron chi connectivity index (χ1n) is 9.30. The van der Waals surface area contributed by atoms with Crippen LogP contribution in [0.5, 0.6) is 0 Å². The van der Waals surface area contributed by atoms with E-state index in [9.17, 15) is 18.0 Å². The Balaban J connectivity index is 1.46. The van der Waals surface area contributed by atoms with Crippen LogP contribution in [0, 0.1) is 5.92 Å². The Bertz CT molecular complexity index is 816. The van der Waals surface area contributed by atoms with Crippen LogP contribution in [0.4, 0.5) is 13.2 Å². The average molecular weight is 380 g/mol. The molecule has 3 heterocycles. The molecule has 0 aromatic heterocycles. The number of esters is 1. The zero-order valence-corrected chi connectivity index (χ0v) is 14.6. The number of rotatable bonds is 1. The molecule has 4 atom stereocenters. The number of alkyl halides is 3. The van der Waals surface area contributed by atoms with Crippen molar-refractivity contribution in [3.63, 3.8) is 0 Å². The highest BCUT2D eigenvalue weighted by Gasteiger charge is 2.62. The number of hydrogen-bond acceptors (Lipinski definition) is 4. The van der Waals surface area contributed by atoms with Gasteiger partial charge < -0.3 is 4.74 Å². The van der Waals surface area contributed by atoms with E-state index >= 15 is 0 Å². The molecule has 3 unspecified atom stereocenters. The van der Waals surface area contributed by atoms with Gasteiger partial charge in [-0.2, -0.15) is 13.2 Å². The molecule has 0 amide bonds. The van der Waals surface area contributed by atoms with Crippen LogP contribution in [-0.2, 0) is 25.5 Å². The van der Waals surface area contributed by atoms with Crippen LogP contribution in [0.3, 0.4) is 0 Å². The number of fused-ring (bicyclic) bond motifs is 1. The van der Waals surface area contributed by atoms with E-state index in [0.717, 1.165) is 37.8 Å². The first-order valence-corrected chi connectivity index (χ1v) is 9.30. The molecule has 3 fully saturated rings. The second-order valence-corrected chi connectivity index (χ2v) is 8.04. The van der Waals surface area contributed by atoms with Crippen molar-refractivity contribution in [1.29, 1.82) is 0 Å². The minimum atomic E-state index is -4.40. The summed E-state index contributed by atoms with van der Waals surface area (Å²) in [6, 6.07) is 4.75. The minimum Gasteiger partial charge on any atom is -0.454 e. The van der Waals surface area contributed by atoms with Gasteiger partial charge in [0.05, 0.1) is 11.1 Å². The molecule has 144 valence electrons. The lowest BCUT2D eigenvalue weighted by atomic mass is 9.61. The van der Waals surface area contributed by atoms with Crippen molar-refractivity contribution < 1.29 is 32.5 Å². The molecule has 27 heavy (non-hydrogen) atoms. The molecular weight excluding hydrogens is 361 g/mol. The first kappa shape index (κ1) is 17.3. The van der Waals surface area contributed by atoms with Crippen LogP contribution in [-0.4, -0.2) is 17.2 Å². The van der Waals surface area contributed by atoms with E-state index < -0.39 is 35.0 Å². The summed E-state index contributed by atoms with van der Waals surface area (Å²) in [5.41, 5.74) is -1.09. The van der Waals surface area contributed by atoms with Gasteiger partial charge >= 0.3 is 12.1 Å². The van der Waals surface area contributed by atoms with Crippen molar-refractivity contribution in [3.8, 4) is 0 Å². The van der Waals surface area contributed by atoms with Crippen LogP contribution >= 0.6 is 0 Å². The molecule has 1 aromatic rings. The summed E-state index contributed by atoms with van der Waals surface area (Å²) in [5.74, 6) is -0.166. The van der Waals surface area contributed by atoms with Crippen molar-refractivity contribution in [2.24, 2.45) is 5.92 Å². The van der Waals surface area contributed by atoms with Gasteiger partial charge in [-0.15, -0.1) is 0 Å². The molecule has 2 saturated heterocycles. The van der Waals surface area contributed by atoms with E-state index in [-0.39, 0.29) is 0 Å². The Morgan fingerprint density at radius 3 is 2.56 bits per heavy atom. The molecule has 1 aromatic carbocycles. The lowest BCUT2D eigenvalue weighted by Gasteiger charge is -2.57. The molecule has 4 nitrogen and oxygen atoms in total. The maximum atomic E-state index is 12.8. The number of halogens is 3. The second-order valence-electron chi connectivity index (χ2n) is 8.04. The van der Waals surface area contributed by atoms with Gasteiger partial charge in [0.2, 0.25) is 0 Å². The van der Waals surface area contributed by atoms with Gasteiger partial charge in [-0.1, -0.05) is 25.0 Å². The molecule has 0 radical (unpaired) electrons. The Morgan fingerprint density at radius 1 is 1.04 bits per heavy atom. The lowest BCUT2D eigenvalue weighted by Crippen LogP contribution is -2.62. The van der Waals surface area contributed by atoms with E-state index in [2.05, 4.69) is 0 Å². The molecule has 7 heteroatoms. The molecule has 1 saturated carbocycles. The monoisotopic (exact) mass is 380 g/mol. The number of benzene rings is 1. The molecule has 6 rings (SSSR count). The Labute approximate surface area is 154 Å². The number of carbonyl (C=O) groups excluding carboxylic acids is 1. The summed E-state index contributed by atoms with van der Waals surface area (Å²) in [6.07, 6.45) is 1.88. The van der Waals surface area contributed by atoms with Crippen molar-refractivity contribution in [1.82, 2.24) is 0 Å². The van der Waals surface area contributed by atoms with E-state index in [0.29, 0.717) is 29.9 Å². The molecule has 2 aliphatic carbocycles. The predicted octanol–water partition coefficient (Wildman–Crippen LogP) is 4.65. The number of hydrogen-bond donors (Lipinski definition) is 0. The number of cyclic esters (lactones) is 1. The van der Waals surface area contributed by atoms with Crippen molar-refractivity contribution in [2.75, 3.05) is 0 Å². The summed E-state index contributed by atoms with van der Waals surface area (Å²) in [5, 5.41) is 0. The normalized spacial score (nSPS) is 37.9. The van der Waals surface area contributed by atoms with Gasteiger partial charge in [0, 0.05) is 6.42 Å². The summed E-state index contributed by atoms with van der Waals surface area (Å²) < 4.78 is 43.9. The number of carbonyl (C=O) groups is 1. The average Bonchev–Trinajstić information content (AvgIpc) is 2.66. The van der Waals surface area contributed by atoms with Crippen LogP contribution in [0.2, 0.25) is 0 Å². The highest BCUT2D eigenvalue weighted by molar-refractivity contribution is 5.92. The van der Waals surface area contributed by atoms with E-state index in [1.165, 1.54) is 12.1 Å². The molecule has 5 aliphatic rings. The van der Waals surface area contributed by atoms with Gasteiger partial charge in [0.15, 0.2) is 0 Å². The van der Waals surface area contributed by atoms with Crippen LogP contribution in [0.1, 0.15) is 55.8 Å². The molecular formula is C20H19F3O4. The SMILES string of the molecule is O=C1OC(c2ccc(C(F)(F)F)cc2)C[C@@]23CC4CCCCC4(C=C12)OO3. The van der Waals surface area contributed by atoms with E-state index in [4.69, 9.17) is 14.5 Å². The second kappa shape index (κ2) is 5.58. The standard InChI is InChI=1S/C20H19F3O4/c21-20(22,23)13-6-4-12(5-7-13)16-11-19-9-14-3-1-2-8-18(14,26-27-19)10-15(19)17(24)25-16/h4-7,10,14,16H,1-3,8-9,11H2/t14?,16?,18?,19-/m0/s1. The Hall–Kier alpha value is -1.86. The van der Waals surface area contributed by atoms with Gasteiger partial charge in [-0.25, -0.2) is 14.6 Å². The molecule has 2 bridgehead atoms. The lowest BCUT2D eigenvalue weighted by molar-refractivity contribution is -0.453. The van der Waals surface area contributed by atoms with E-state index in [1.54, 1.807) is 0 Å². The fraction of sp³-hybridized carbons (Fsp3) is 0.550. The molecule has 2 spiro atoms. The third kappa shape index (κ3) is 2.55. The summed E-state index contributed by atoms with van der Waals surface area (Å²) in [4.78, 5) is 24.3. The van der Waals surface area contributed by atoms with Crippen LogP contribution in [0.15, 0.2) is 35.9 Å². The first-order chi connectivity index (χ1) is 12.8. The van der Waals surface area contributed by atoms with Crippen molar-refractivity contribution >= 4 is 5.97 Å². The quantitative estimate of drug-likeness (QED) is 0.525. The van der Waals surface area contributed by atoms with Crippen LogP contribution < -0.4 is 0 Å². The van der Waals surface area contributed by atoms with Gasteiger partial charge in [-0.05, 0) is 49.0 Å². The summed E-state index contributed by atoms with van der Waals surface area (Å²) >= 11 is 0. The predicted molar refractivity (Wildman–Crippen MR) is 87.2 cm³/mol. The summed E-state index contributed by atoms with van der Waals surface area (Å²) in [6.45, 7) is 0. The minimum absolute atomic E-state index is 0.294. The Kier molecular flexibility index (Phi) is 3.56. The van der Waals surface area contributed by atoms with Gasteiger partial charge in [0.1, 0.15) is 17.3 Å². The van der Waals surface area contributed by atoms with Crippen LogP contribution in [0.25, 0.3) is 0 Å². The third-order valence-electron chi connectivity index (χ3n) is 6.47. The number of ether oxygens (including phenoxy) is 1. The largest absolute Gasteiger partial charge is 0.454 e. The Morgan fingerprint density at radius 2 is 1.81 bits per heavy atom. The van der Waals surface area contributed by atoms with Gasteiger partial charge in [-0.3, -0.25) is 0 Å². The maximum absolute atomic E-state index is 12.8. The highest BCUT2D eigenvalue weighted by atomic mass is 19.4. The zero-order valence-electron chi connectivity index (χ0n) is 14.6. The summed E-state index contributed by atoms with van der Waals surface area (Å²) in [7, 11) is 0. The topological polar surface area (TPSA) is 44.8 Å². The van der Waals surface area contributed by atoms with E-state index in [1.807, 2.05) is 6.08 Å².